The van der Waals surface area contributed by atoms with Gasteiger partial charge in [-0.2, -0.15) is 0 Å². The fourth-order valence-electron chi connectivity index (χ4n) is 2.01. The van der Waals surface area contributed by atoms with E-state index in [-0.39, 0.29) is 0 Å². The second-order valence-corrected chi connectivity index (χ2v) is 4.85. The number of hydrogen-bond acceptors (Lipinski definition) is 3. The van der Waals surface area contributed by atoms with Crippen molar-refractivity contribution in [1.29, 1.82) is 0 Å². The van der Waals surface area contributed by atoms with Crippen molar-refractivity contribution in [3.63, 3.8) is 0 Å². The molecule has 0 heterocycles. The fourth-order valence-corrected chi connectivity index (χ4v) is 2.01. The summed E-state index contributed by atoms with van der Waals surface area (Å²) in [6, 6.07) is 0. The molecule has 1 aliphatic carbocycles. The summed E-state index contributed by atoms with van der Waals surface area (Å²) in [5.41, 5.74) is 9.51. The molecule has 0 spiro atoms. The Morgan fingerprint density at radius 2 is 2.11 bits per heavy atom. The van der Waals surface area contributed by atoms with Crippen LogP contribution >= 0.6 is 0 Å². The van der Waals surface area contributed by atoms with Crippen LogP contribution in [0.15, 0.2) is 45.3 Å². The van der Waals surface area contributed by atoms with Crippen LogP contribution in [0.5, 0.6) is 0 Å². The highest BCUT2D eigenvalue weighted by atomic mass is 14.8. The van der Waals surface area contributed by atoms with Gasteiger partial charge in [0.1, 0.15) is 0 Å². The summed E-state index contributed by atoms with van der Waals surface area (Å²) in [7, 11) is 0. The summed E-state index contributed by atoms with van der Waals surface area (Å²) in [6.07, 6.45) is 12.5. The molecule has 3 heteroatoms. The quantitative estimate of drug-likeness (QED) is 0.542. The van der Waals surface area contributed by atoms with E-state index in [9.17, 15) is 0 Å². The summed E-state index contributed by atoms with van der Waals surface area (Å²) in [4.78, 5) is 8.74. The largest absolute Gasteiger partial charge is 0.399 e. The third kappa shape index (κ3) is 5.69. The van der Waals surface area contributed by atoms with Crippen LogP contribution in [-0.2, 0) is 0 Å². The molecule has 0 saturated heterocycles. The van der Waals surface area contributed by atoms with E-state index in [0.717, 1.165) is 42.1 Å². The van der Waals surface area contributed by atoms with Crippen molar-refractivity contribution >= 4 is 12.4 Å². The Hall–Kier alpha value is -1.64. The van der Waals surface area contributed by atoms with Gasteiger partial charge >= 0.3 is 0 Å². The van der Waals surface area contributed by atoms with Crippen LogP contribution < -0.4 is 5.73 Å². The number of nitrogens with zero attached hydrogens (tertiary/aromatic N) is 2. The zero-order chi connectivity index (χ0) is 14.1. The summed E-state index contributed by atoms with van der Waals surface area (Å²) >= 11 is 0. The van der Waals surface area contributed by atoms with Gasteiger partial charge in [0.15, 0.2) is 0 Å². The predicted molar refractivity (Wildman–Crippen MR) is 84.5 cm³/mol. The number of rotatable bonds is 7. The second kappa shape index (κ2) is 8.46. The van der Waals surface area contributed by atoms with Crippen LogP contribution in [0.3, 0.4) is 0 Å². The molecule has 104 valence electrons. The molecule has 3 nitrogen and oxygen atoms in total. The third-order valence-electron chi connectivity index (χ3n) is 3.20. The van der Waals surface area contributed by atoms with Crippen molar-refractivity contribution in [2.75, 3.05) is 0 Å². The molecule has 0 fully saturated rings. The Bertz CT molecular complexity index is 425. The molecule has 0 amide bonds. The number of unbranched alkanes of at least 4 members (excludes halogenated alkanes) is 3. The lowest BCUT2D eigenvalue weighted by molar-refractivity contribution is 0.660. The maximum absolute atomic E-state index is 5.69. The highest BCUT2D eigenvalue weighted by Crippen LogP contribution is 2.17. The molecule has 0 bridgehead atoms. The van der Waals surface area contributed by atoms with Gasteiger partial charge < -0.3 is 5.73 Å². The molecule has 0 aliphatic heterocycles. The SMILES string of the molecule is C=N/C(CCCCCC)=C(/C)N=C1C=CC(N)=CC1. The first-order valence-electron chi connectivity index (χ1n) is 7.05. The molecule has 0 radical (unpaired) electrons. The number of hydrogen-bond donors (Lipinski definition) is 1. The average molecular weight is 259 g/mol. The summed E-state index contributed by atoms with van der Waals surface area (Å²) < 4.78 is 0. The van der Waals surface area contributed by atoms with E-state index < -0.39 is 0 Å². The van der Waals surface area contributed by atoms with E-state index in [2.05, 4.69) is 23.6 Å². The van der Waals surface area contributed by atoms with E-state index in [1.165, 1.54) is 19.3 Å². The molecule has 19 heavy (non-hydrogen) atoms. The second-order valence-electron chi connectivity index (χ2n) is 4.85. The van der Waals surface area contributed by atoms with Gasteiger partial charge in [0.2, 0.25) is 0 Å². The van der Waals surface area contributed by atoms with Gasteiger partial charge in [-0.1, -0.05) is 32.3 Å². The van der Waals surface area contributed by atoms with Crippen molar-refractivity contribution in [2.45, 2.75) is 52.4 Å². The van der Waals surface area contributed by atoms with E-state index in [1.54, 1.807) is 0 Å². The zero-order valence-electron chi connectivity index (χ0n) is 12.2. The third-order valence-corrected chi connectivity index (χ3v) is 3.20. The molecule has 0 aromatic rings. The van der Waals surface area contributed by atoms with E-state index >= 15 is 0 Å². The lowest BCUT2D eigenvalue weighted by atomic mass is 10.1. The van der Waals surface area contributed by atoms with Crippen molar-refractivity contribution in [1.82, 2.24) is 0 Å². The Morgan fingerprint density at radius 3 is 2.68 bits per heavy atom. The van der Waals surface area contributed by atoms with Gasteiger partial charge in [0.05, 0.1) is 11.4 Å². The highest BCUT2D eigenvalue weighted by molar-refractivity contribution is 5.98. The number of nitrogens with two attached hydrogens (primary N) is 1. The minimum absolute atomic E-state index is 0.792. The van der Waals surface area contributed by atoms with E-state index in [1.807, 2.05) is 25.2 Å². The van der Waals surface area contributed by atoms with Crippen LogP contribution in [-0.4, -0.2) is 12.4 Å². The fraction of sp³-hybridized carbons (Fsp3) is 0.500. The molecule has 1 rings (SSSR count). The average Bonchev–Trinajstić information content (AvgIpc) is 2.41. The molecule has 1 aliphatic rings. The minimum atomic E-state index is 0.792. The number of allylic oxidation sites excluding steroid dienone is 5. The van der Waals surface area contributed by atoms with Crippen LogP contribution in [0.25, 0.3) is 0 Å². The maximum atomic E-state index is 5.69. The molecular formula is C16H25N3. The van der Waals surface area contributed by atoms with Crippen LogP contribution in [0.4, 0.5) is 0 Å². The van der Waals surface area contributed by atoms with Gasteiger partial charge in [-0.15, -0.1) is 0 Å². The molecule has 2 N–H and O–H groups in total. The first-order chi connectivity index (χ1) is 9.17. The van der Waals surface area contributed by atoms with Crippen LogP contribution in [0.1, 0.15) is 52.4 Å². The highest BCUT2D eigenvalue weighted by Gasteiger charge is 2.03. The molecule has 0 unspecified atom stereocenters. The van der Waals surface area contributed by atoms with Crippen molar-refractivity contribution in [3.8, 4) is 0 Å². The molecule has 0 aromatic heterocycles. The summed E-state index contributed by atoms with van der Waals surface area (Å²) in [6.45, 7) is 7.88. The van der Waals surface area contributed by atoms with Gasteiger partial charge in [-0.3, -0.25) is 9.98 Å². The lowest BCUT2D eigenvalue weighted by Crippen LogP contribution is -2.03. The predicted octanol–water partition coefficient (Wildman–Crippen LogP) is 4.13. The minimum Gasteiger partial charge on any atom is -0.399 e. The Balaban J connectivity index is 2.63. The molecule has 0 aromatic carbocycles. The Kier molecular flexibility index (Phi) is 6.86. The maximum Gasteiger partial charge on any atom is 0.0608 e. The first kappa shape index (κ1) is 15.4. The van der Waals surface area contributed by atoms with Crippen LogP contribution in [0.2, 0.25) is 0 Å². The Labute approximate surface area is 116 Å². The topological polar surface area (TPSA) is 50.7 Å². The normalized spacial score (nSPS) is 18.2. The van der Waals surface area contributed by atoms with E-state index in [0.29, 0.717) is 0 Å². The molecule has 0 saturated carbocycles. The number of aliphatic imine (C=N–C) groups is 2. The lowest BCUT2D eigenvalue weighted by Gasteiger charge is -2.07. The summed E-state index contributed by atoms with van der Waals surface area (Å²) in [5.74, 6) is 0. The van der Waals surface area contributed by atoms with E-state index in [4.69, 9.17) is 5.73 Å². The van der Waals surface area contributed by atoms with Crippen molar-refractivity contribution in [2.24, 2.45) is 15.7 Å². The smallest absolute Gasteiger partial charge is 0.0608 e. The first-order valence-corrected chi connectivity index (χ1v) is 7.05. The van der Waals surface area contributed by atoms with Crippen molar-refractivity contribution < 1.29 is 0 Å². The van der Waals surface area contributed by atoms with Gasteiger partial charge in [-0.25, -0.2) is 0 Å². The van der Waals surface area contributed by atoms with Gasteiger partial charge in [0.25, 0.3) is 0 Å². The summed E-state index contributed by atoms with van der Waals surface area (Å²) in [5, 5.41) is 0. The van der Waals surface area contributed by atoms with Crippen molar-refractivity contribution in [3.05, 3.63) is 35.3 Å². The standard InChI is InChI=1S/C16H25N3/c1-4-5-6-7-8-16(18-3)13(2)19-15-11-9-14(17)10-12-15/h9-11H,3-8,12,17H2,1-2H3/b16-13-,19-15?. The Morgan fingerprint density at radius 1 is 1.32 bits per heavy atom. The van der Waals surface area contributed by atoms with Crippen LogP contribution in [0, 0.1) is 0 Å². The zero-order valence-corrected chi connectivity index (χ0v) is 12.2. The molecular weight excluding hydrogens is 234 g/mol. The monoisotopic (exact) mass is 259 g/mol. The van der Waals surface area contributed by atoms with Gasteiger partial charge in [-0.05, 0) is 38.6 Å². The van der Waals surface area contributed by atoms with Gasteiger partial charge in [0, 0.05) is 17.8 Å². The molecule has 0 atom stereocenters.